The van der Waals surface area contributed by atoms with Crippen molar-refractivity contribution in [2.75, 3.05) is 4.72 Å². The standard InChI is InChI=1S/C17H16N4O2S/c1-11-10-15(12-7-8-12)20-17(19-11)21-24(22,23)16-6-2-5-14-13(16)4-3-9-18-14/h2-6,9-10,12H,7-8H2,1H3,(H,19,20,21). The monoisotopic (exact) mass is 340 g/mol. The average molecular weight is 340 g/mol. The normalized spacial score (nSPS) is 14.7. The smallest absolute Gasteiger partial charge is 0.256 e. The van der Waals surface area contributed by atoms with Gasteiger partial charge in [-0.25, -0.2) is 23.1 Å². The SMILES string of the molecule is Cc1cc(C2CC2)nc(NS(=O)(=O)c2cccc3ncccc23)n1. The van der Waals surface area contributed by atoms with Gasteiger partial charge in [-0.3, -0.25) is 4.98 Å². The van der Waals surface area contributed by atoms with E-state index in [1.54, 1.807) is 36.5 Å². The molecule has 0 amide bonds. The zero-order valence-electron chi connectivity index (χ0n) is 13.1. The van der Waals surface area contributed by atoms with Crippen molar-refractivity contribution in [2.24, 2.45) is 0 Å². The molecule has 6 nitrogen and oxygen atoms in total. The minimum absolute atomic E-state index is 0.123. The lowest BCUT2D eigenvalue weighted by Crippen LogP contribution is -2.16. The molecule has 0 saturated heterocycles. The Labute approximate surface area is 140 Å². The van der Waals surface area contributed by atoms with E-state index >= 15 is 0 Å². The zero-order chi connectivity index (χ0) is 16.7. The minimum atomic E-state index is -3.79. The van der Waals surface area contributed by atoms with Crippen molar-refractivity contribution in [3.8, 4) is 0 Å². The molecule has 1 N–H and O–H groups in total. The van der Waals surface area contributed by atoms with Crippen LogP contribution in [0.5, 0.6) is 0 Å². The fourth-order valence-corrected chi connectivity index (χ4v) is 3.87. The summed E-state index contributed by atoms with van der Waals surface area (Å²) in [4.78, 5) is 13.0. The Morgan fingerprint density at radius 3 is 2.75 bits per heavy atom. The van der Waals surface area contributed by atoms with Gasteiger partial charge in [0, 0.05) is 28.9 Å². The molecule has 0 bridgehead atoms. The molecule has 0 atom stereocenters. The molecular formula is C17H16N4O2S. The number of anilines is 1. The van der Waals surface area contributed by atoms with Gasteiger partial charge >= 0.3 is 0 Å². The number of rotatable bonds is 4. The van der Waals surface area contributed by atoms with Gasteiger partial charge in [-0.1, -0.05) is 6.07 Å². The number of hydrogen-bond donors (Lipinski definition) is 1. The van der Waals surface area contributed by atoms with E-state index in [0.717, 1.165) is 24.2 Å². The number of nitrogens with one attached hydrogen (secondary N) is 1. The highest BCUT2D eigenvalue weighted by Crippen LogP contribution is 2.39. The minimum Gasteiger partial charge on any atom is -0.256 e. The molecule has 0 radical (unpaired) electrons. The molecule has 0 aliphatic heterocycles. The third-order valence-corrected chi connectivity index (χ3v) is 5.38. The molecule has 0 unspecified atom stereocenters. The summed E-state index contributed by atoms with van der Waals surface area (Å²) in [6.07, 6.45) is 3.83. The van der Waals surface area contributed by atoms with Crippen molar-refractivity contribution in [3.63, 3.8) is 0 Å². The van der Waals surface area contributed by atoms with Crippen molar-refractivity contribution in [2.45, 2.75) is 30.6 Å². The third-order valence-electron chi connectivity index (χ3n) is 3.99. The molecule has 0 spiro atoms. The van der Waals surface area contributed by atoms with Crippen LogP contribution < -0.4 is 4.72 Å². The predicted molar refractivity (Wildman–Crippen MR) is 91.3 cm³/mol. The van der Waals surface area contributed by atoms with Crippen LogP contribution in [0.15, 0.2) is 47.5 Å². The van der Waals surface area contributed by atoms with Crippen LogP contribution in [0.2, 0.25) is 0 Å². The van der Waals surface area contributed by atoms with E-state index in [1.807, 2.05) is 13.0 Å². The molecule has 1 fully saturated rings. The van der Waals surface area contributed by atoms with Crippen LogP contribution in [-0.4, -0.2) is 23.4 Å². The third kappa shape index (κ3) is 2.82. The van der Waals surface area contributed by atoms with Gasteiger partial charge in [-0.05, 0) is 50.1 Å². The van der Waals surface area contributed by atoms with Crippen molar-refractivity contribution in [3.05, 3.63) is 54.0 Å². The quantitative estimate of drug-likeness (QED) is 0.789. The Kier molecular flexibility index (Phi) is 3.45. The Morgan fingerprint density at radius 1 is 1.12 bits per heavy atom. The molecule has 122 valence electrons. The van der Waals surface area contributed by atoms with E-state index in [4.69, 9.17) is 0 Å². The van der Waals surface area contributed by atoms with Crippen molar-refractivity contribution in [1.29, 1.82) is 0 Å². The van der Waals surface area contributed by atoms with E-state index in [9.17, 15) is 8.42 Å². The Morgan fingerprint density at radius 2 is 1.96 bits per heavy atom. The lowest BCUT2D eigenvalue weighted by atomic mass is 10.2. The van der Waals surface area contributed by atoms with Crippen LogP contribution in [0, 0.1) is 6.92 Å². The number of benzene rings is 1. The molecule has 1 aliphatic carbocycles. The summed E-state index contributed by atoms with van der Waals surface area (Å²) >= 11 is 0. The van der Waals surface area contributed by atoms with Crippen LogP contribution in [0.4, 0.5) is 5.95 Å². The number of fused-ring (bicyclic) bond motifs is 1. The molecule has 2 heterocycles. The molecular weight excluding hydrogens is 324 g/mol. The number of pyridine rings is 1. The highest BCUT2D eigenvalue weighted by atomic mass is 32.2. The van der Waals surface area contributed by atoms with Gasteiger partial charge in [0.1, 0.15) is 0 Å². The summed E-state index contributed by atoms with van der Waals surface area (Å²) in [6, 6.07) is 10.4. The lowest BCUT2D eigenvalue weighted by molar-refractivity contribution is 0.601. The maximum absolute atomic E-state index is 12.8. The highest BCUT2D eigenvalue weighted by molar-refractivity contribution is 7.93. The number of sulfonamides is 1. The fraction of sp³-hybridized carbons (Fsp3) is 0.235. The van der Waals surface area contributed by atoms with Crippen LogP contribution in [-0.2, 0) is 10.0 Å². The maximum Gasteiger partial charge on any atom is 0.264 e. The van der Waals surface area contributed by atoms with Gasteiger partial charge in [0.25, 0.3) is 10.0 Å². The molecule has 24 heavy (non-hydrogen) atoms. The predicted octanol–water partition coefficient (Wildman–Crippen LogP) is 3.01. The maximum atomic E-state index is 12.8. The first-order valence-corrected chi connectivity index (χ1v) is 9.23. The van der Waals surface area contributed by atoms with Gasteiger partial charge in [0.15, 0.2) is 0 Å². The summed E-state index contributed by atoms with van der Waals surface area (Å²) in [7, 11) is -3.79. The van der Waals surface area contributed by atoms with Crippen molar-refractivity contribution < 1.29 is 8.42 Å². The van der Waals surface area contributed by atoms with Gasteiger partial charge in [0.05, 0.1) is 10.4 Å². The first-order chi connectivity index (χ1) is 11.5. The van der Waals surface area contributed by atoms with Crippen LogP contribution in [0.3, 0.4) is 0 Å². The van der Waals surface area contributed by atoms with Gasteiger partial charge in [-0.15, -0.1) is 0 Å². The van der Waals surface area contributed by atoms with E-state index in [0.29, 0.717) is 16.8 Å². The number of hydrogen-bond acceptors (Lipinski definition) is 5. The van der Waals surface area contributed by atoms with E-state index in [-0.39, 0.29) is 10.8 Å². The molecule has 1 aliphatic rings. The number of nitrogens with zero attached hydrogens (tertiary/aromatic N) is 3. The zero-order valence-corrected chi connectivity index (χ0v) is 13.9. The summed E-state index contributed by atoms with van der Waals surface area (Å²) in [5.41, 5.74) is 2.29. The van der Waals surface area contributed by atoms with E-state index < -0.39 is 10.0 Å². The van der Waals surface area contributed by atoms with Crippen LogP contribution >= 0.6 is 0 Å². The summed E-state index contributed by atoms with van der Waals surface area (Å²) < 4.78 is 28.1. The number of aromatic nitrogens is 3. The first kappa shape index (κ1) is 15.0. The molecule has 1 aromatic carbocycles. The number of aryl methyl sites for hydroxylation is 1. The molecule has 1 saturated carbocycles. The fourth-order valence-electron chi connectivity index (χ4n) is 2.71. The van der Waals surface area contributed by atoms with E-state index in [2.05, 4.69) is 19.7 Å². The molecule has 3 aromatic rings. The topological polar surface area (TPSA) is 84.8 Å². The van der Waals surface area contributed by atoms with Crippen LogP contribution in [0.1, 0.15) is 30.1 Å². The average Bonchev–Trinajstić information content (AvgIpc) is 3.38. The van der Waals surface area contributed by atoms with Crippen molar-refractivity contribution >= 4 is 26.9 Å². The second kappa shape index (κ2) is 5.52. The van der Waals surface area contributed by atoms with Crippen LogP contribution in [0.25, 0.3) is 10.9 Å². The Hall–Kier alpha value is -2.54. The lowest BCUT2D eigenvalue weighted by Gasteiger charge is -2.10. The second-order valence-electron chi connectivity index (χ2n) is 5.96. The van der Waals surface area contributed by atoms with Gasteiger partial charge in [0.2, 0.25) is 5.95 Å². The summed E-state index contributed by atoms with van der Waals surface area (Å²) in [6.45, 7) is 1.84. The molecule has 4 rings (SSSR count). The second-order valence-corrected chi connectivity index (χ2v) is 7.61. The first-order valence-electron chi connectivity index (χ1n) is 7.75. The van der Waals surface area contributed by atoms with E-state index in [1.165, 1.54) is 0 Å². The van der Waals surface area contributed by atoms with Gasteiger partial charge in [-0.2, -0.15) is 0 Å². The largest absolute Gasteiger partial charge is 0.264 e. The van der Waals surface area contributed by atoms with Gasteiger partial charge < -0.3 is 0 Å². The molecule has 7 heteroatoms. The Bertz CT molecular complexity index is 1020. The highest BCUT2D eigenvalue weighted by Gasteiger charge is 2.27. The molecule has 2 aromatic heterocycles. The summed E-state index contributed by atoms with van der Waals surface area (Å²) in [5.74, 6) is 0.550. The summed E-state index contributed by atoms with van der Waals surface area (Å²) in [5, 5.41) is 0.572. The van der Waals surface area contributed by atoms with Crippen molar-refractivity contribution in [1.82, 2.24) is 15.0 Å². The Balaban J connectivity index is 1.75.